The Hall–Kier alpha value is -1.36. The van der Waals surface area contributed by atoms with E-state index >= 15 is 0 Å². The number of anilines is 1. The summed E-state index contributed by atoms with van der Waals surface area (Å²) < 4.78 is 5.28. The number of hydrogen-bond donors (Lipinski definition) is 1. The van der Waals surface area contributed by atoms with Crippen molar-refractivity contribution < 1.29 is 4.74 Å². The molecule has 0 radical (unpaired) electrons. The standard InChI is InChI=1S/C16H28N4O/c1-12(2)10-17-11-14-7-5-6-8-20(14)16-18-13(3)9-15(19-16)21-4/h9,12,14,17H,5-8,10-11H2,1-4H3. The van der Waals surface area contributed by atoms with Crippen LogP contribution in [0.15, 0.2) is 6.07 Å². The molecular weight excluding hydrogens is 264 g/mol. The third kappa shape index (κ3) is 4.56. The lowest BCUT2D eigenvalue weighted by molar-refractivity contribution is 0.389. The van der Waals surface area contributed by atoms with Gasteiger partial charge in [0.15, 0.2) is 0 Å². The minimum absolute atomic E-state index is 0.476. The summed E-state index contributed by atoms with van der Waals surface area (Å²) in [6.45, 7) is 9.55. The Morgan fingerprint density at radius 1 is 1.38 bits per heavy atom. The van der Waals surface area contributed by atoms with Gasteiger partial charge in [-0.3, -0.25) is 0 Å². The predicted octanol–water partition coefficient (Wildman–Crippen LogP) is 2.40. The van der Waals surface area contributed by atoms with Crippen LogP contribution in [0.1, 0.15) is 38.8 Å². The van der Waals surface area contributed by atoms with Gasteiger partial charge in [0.1, 0.15) is 0 Å². The highest BCUT2D eigenvalue weighted by molar-refractivity contribution is 5.36. The van der Waals surface area contributed by atoms with E-state index in [1.54, 1.807) is 7.11 Å². The fraction of sp³-hybridized carbons (Fsp3) is 0.750. The zero-order chi connectivity index (χ0) is 15.2. The van der Waals surface area contributed by atoms with Crippen molar-refractivity contribution in [1.82, 2.24) is 15.3 Å². The molecule has 1 aromatic heterocycles. The molecule has 0 bridgehead atoms. The van der Waals surface area contributed by atoms with Gasteiger partial charge in [-0.1, -0.05) is 13.8 Å². The number of aromatic nitrogens is 2. The van der Waals surface area contributed by atoms with E-state index in [1.807, 2.05) is 13.0 Å². The Balaban J connectivity index is 2.08. The molecule has 5 nitrogen and oxygen atoms in total. The summed E-state index contributed by atoms with van der Waals surface area (Å²) in [5.74, 6) is 2.14. The van der Waals surface area contributed by atoms with Gasteiger partial charge in [-0.15, -0.1) is 0 Å². The van der Waals surface area contributed by atoms with Crippen LogP contribution in [-0.4, -0.2) is 42.8 Å². The zero-order valence-corrected chi connectivity index (χ0v) is 13.7. The highest BCUT2D eigenvalue weighted by atomic mass is 16.5. The molecule has 0 saturated carbocycles. The first-order valence-corrected chi connectivity index (χ1v) is 7.97. The number of ether oxygens (including phenoxy) is 1. The van der Waals surface area contributed by atoms with Gasteiger partial charge in [0.2, 0.25) is 11.8 Å². The lowest BCUT2D eigenvalue weighted by Gasteiger charge is -2.36. The number of rotatable bonds is 6. The summed E-state index contributed by atoms with van der Waals surface area (Å²) >= 11 is 0. The third-order valence-corrected chi connectivity index (χ3v) is 3.84. The zero-order valence-electron chi connectivity index (χ0n) is 13.7. The fourth-order valence-corrected chi connectivity index (χ4v) is 2.77. The summed E-state index contributed by atoms with van der Waals surface area (Å²) in [5.41, 5.74) is 0.955. The van der Waals surface area contributed by atoms with Crippen LogP contribution in [0.4, 0.5) is 5.95 Å². The number of hydrogen-bond acceptors (Lipinski definition) is 5. The van der Waals surface area contributed by atoms with Gasteiger partial charge in [-0.05, 0) is 38.6 Å². The molecule has 1 saturated heterocycles. The van der Waals surface area contributed by atoms with Crippen molar-refractivity contribution in [2.75, 3.05) is 31.6 Å². The molecule has 21 heavy (non-hydrogen) atoms. The smallest absolute Gasteiger partial charge is 0.229 e. The van der Waals surface area contributed by atoms with Crippen LogP contribution in [-0.2, 0) is 0 Å². The largest absolute Gasteiger partial charge is 0.481 e. The quantitative estimate of drug-likeness (QED) is 0.872. The van der Waals surface area contributed by atoms with E-state index in [9.17, 15) is 0 Å². The molecule has 0 aromatic carbocycles. The highest BCUT2D eigenvalue weighted by Gasteiger charge is 2.25. The molecular formula is C16H28N4O. The van der Waals surface area contributed by atoms with Crippen LogP contribution in [0.5, 0.6) is 5.88 Å². The maximum Gasteiger partial charge on any atom is 0.229 e. The van der Waals surface area contributed by atoms with E-state index in [0.29, 0.717) is 17.8 Å². The number of piperidine rings is 1. The van der Waals surface area contributed by atoms with Crippen LogP contribution in [0.3, 0.4) is 0 Å². The number of nitrogens with zero attached hydrogens (tertiary/aromatic N) is 3. The molecule has 1 fully saturated rings. The molecule has 1 atom stereocenters. The minimum atomic E-state index is 0.476. The van der Waals surface area contributed by atoms with Gasteiger partial charge in [-0.25, -0.2) is 4.98 Å². The monoisotopic (exact) mass is 292 g/mol. The topological polar surface area (TPSA) is 50.3 Å². The van der Waals surface area contributed by atoms with Crippen LogP contribution in [0.25, 0.3) is 0 Å². The molecule has 0 amide bonds. The summed E-state index contributed by atoms with van der Waals surface area (Å²) in [6.07, 6.45) is 3.69. The molecule has 0 spiro atoms. The number of aryl methyl sites for hydroxylation is 1. The van der Waals surface area contributed by atoms with Crippen LogP contribution < -0.4 is 15.0 Å². The molecule has 1 aliphatic heterocycles. The Morgan fingerprint density at radius 2 is 2.19 bits per heavy atom. The van der Waals surface area contributed by atoms with E-state index in [1.165, 1.54) is 19.3 Å². The van der Waals surface area contributed by atoms with Crippen molar-refractivity contribution >= 4 is 5.95 Å². The Bertz CT molecular complexity index is 450. The van der Waals surface area contributed by atoms with Gasteiger partial charge in [0.05, 0.1) is 7.11 Å². The second-order valence-corrected chi connectivity index (χ2v) is 6.25. The summed E-state index contributed by atoms with van der Waals surface area (Å²) in [6, 6.07) is 2.35. The van der Waals surface area contributed by atoms with Crippen molar-refractivity contribution in [1.29, 1.82) is 0 Å². The molecule has 118 valence electrons. The third-order valence-electron chi connectivity index (χ3n) is 3.84. The lowest BCUT2D eigenvalue weighted by Crippen LogP contribution is -2.47. The summed E-state index contributed by atoms with van der Waals surface area (Å²) in [7, 11) is 1.66. The van der Waals surface area contributed by atoms with Crippen LogP contribution >= 0.6 is 0 Å². The van der Waals surface area contributed by atoms with Crippen molar-refractivity contribution in [3.63, 3.8) is 0 Å². The molecule has 1 N–H and O–H groups in total. The van der Waals surface area contributed by atoms with Gasteiger partial charge in [0.25, 0.3) is 0 Å². The first kappa shape index (κ1) is 16.0. The lowest BCUT2D eigenvalue weighted by atomic mass is 10.0. The highest BCUT2D eigenvalue weighted by Crippen LogP contribution is 2.23. The SMILES string of the molecule is COc1cc(C)nc(N2CCCCC2CNCC(C)C)n1. The molecule has 1 aliphatic rings. The fourth-order valence-electron chi connectivity index (χ4n) is 2.77. The molecule has 1 aromatic rings. The summed E-state index contributed by atoms with van der Waals surface area (Å²) in [5, 5.41) is 3.57. The van der Waals surface area contributed by atoms with Gasteiger partial charge in [-0.2, -0.15) is 4.98 Å². The maximum absolute atomic E-state index is 5.28. The predicted molar refractivity (Wildman–Crippen MR) is 86.0 cm³/mol. The number of nitrogens with one attached hydrogen (secondary N) is 1. The Labute approximate surface area is 128 Å². The average Bonchev–Trinajstić information content (AvgIpc) is 2.46. The normalized spacial score (nSPS) is 19.1. The molecule has 2 rings (SSSR count). The number of methoxy groups -OCH3 is 1. The van der Waals surface area contributed by atoms with E-state index in [2.05, 4.69) is 34.0 Å². The molecule has 2 heterocycles. The van der Waals surface area contributed by atoms with E-state index in [-0.39, 0.29) is 0 Å². The first-order chi connectivity index (χ1) is 10.1. The average molecular weight is 292 g/mol. The second kappa shape index (κ2) is 7.59. The minimum Gasteiger partial charge on any atom is -0.481 e. The Kier molecular flexibility index (Phi) is 5.79. The molecule has 1 unspecified atom stereocenters. The van der Waals surface area contributed by atoms with Gasteiger partial charge in [0, 0.05) is 30.9 Å². The Morgan fingerprint density at radius 3 is 2.90 bits per heavy atom. The van der Waals surface area contributed by atoms with Crippen LogP contribution in [0.2, 0.25) is 0 Å². The van der Waals surface area contributed by atoms with E-state index < -0.39 is 0 Å². The molecule has 5 heteroatoms. The van der Waals surface area contributed by atoms with E-state index in [0.717, 1.165) is 31.3 Å². The van der Waals surface area contributed by atoms with E-state index in [4.69, 9.17) is 4.74 Å². The van der Waals surface area contributed by atoms with Crippen molar-refractivity contribution in [3.05, 3.63) is 11.8 Å². The molecule has 0 aliphatic carbocycles. The summed E-state index contributed by atoms with van der Waals surface area (Å²) in [4.78, 5) is 11.5. The first-order valence-electron chi connectivity index (χ1n) is 7.97. The van der Waals surface area contributed by atoms with Gasteiger partial charge < -0.3 is 15.0 Å². The van der Waals surface area contributed by atoms with Crippen molar-refractivity contribution in [2.24, 2.45) is 5.92 Å². The van der Waals surface area contributed by atoms with Crippen LogP contribution in [0, 0.1) is 12.8 Å². The van der Waals surface area contributed by atoms with Crippen molar-refractivity contribution in [2.45, 2.75) is 46.1 Å². The maximum atomic E-state index is 5.28. The van der Waals surface area contributed by atoms with Gasteiger partial charge >= 0.3 is 0 Å². The second-order valence-electron chi connectivity index (χ2n) is 6.25. The van der Waals surface area contributed by atoms with Crippen molar-refractivity contribution in [3.8, 4) is 5.88 Å².